The minimum Gasteiger partial charge on any atom is -0.497 e. The maximum Gasteiger partial charge on any atom is 0.127 e. The highest BCUT2D eigenvalue weighted by Gasteiger charge is 2.33. The predicted molar refractivity (Wildman–Crippen MR) is 68.9 cm³/mol. The standard InChI is InChI=1S/C14H21NO2/c1-10-8-11(16-3)9-12(13(10)17-4)14(2)6-5-7-15-14/h8-9,15H,5-7H2,1-4H3. The molecule has 0 amide bonds. The van der Waals surface area contributed by atoms with Gasteiger partial charge in [0.25, 0.3) is 0 Å². The van der Waals surface area contributed by atoms with Crippen LogP contribution in [-0.4, -0.2) is 20.8 Å². The number of aryl methyl sites for hydroxylation is 1. The van der Waals surface area contributed by atoms with Crippen molar-refractivity contribution in [3.8, 4) is 11.5 Å². The fraction of sp³-hybridized carbons (Fsp3) is 0.571. The van der Waals surface area contributed by atoms with Crippen molar-refractivity contribution >= 4 is 0 Å². The molecule has 0 aromatic heterocycles. The van der Waals surface area contributed by atoms with Crippen molar-refractivity contribution in [1.82, 2.24) is 5.32 Å². The highest BCUT2D eigenvalue weighted by Crippen LogP contribution is 2.40. The molecule has 1 aliphatic rings. The first-order valence-electron chi connectivity index (χ1n) is 6.09. The van der Waals surface area contributed by atoms with E-state index in [0.29, 0.717) is 0 Å². The zero-order valence-electron chi connectivity index (χ0n) is 11.1. The molecule has 3 nitrogen and oxygen atoms in total. The van der Waals surface area contributed by atoms with Gasteiger partial charge in [0.2, 0.25) is 0 Å². The molecule has 2 rings (SSSR count). The summed E-state index contributed by atoms with van der Waals surface area (Å²) in [4.78, 5) is 0. The van der Waals surface area contributed by atoms with Crippen LogP contribution in [0.3, 0.4) is 0 Å². The lowest BCUT2D eigenvalue weighted by atomic mass is 9.88. The number of methoxy groups -OCH3 is 2. The number of hydrogen-bond donors (Lipinski definition) is 1. The number of hydrogen-bond acceptors (Lipinski definition) is 3. The monoisotopic (exact) mass is 235 g/mol. The highest BCUT2D eigenvalue weighted by molar-refractivity contribution is 5.50. The van der Waals surface area contributed by atoms with Crippen molar-refractivity contribution in [3.05, 3.63) is 23.3 Å². The summed E-state index contributed by atoms with van der Waals surface area (Å²) in [6.07, 6.45) is 2.34. The molecule has 1 N–H and O–H groups in total. The van der Waals surface area contributed by atoms with Crippen LogP contribution in [0.1, 0.15) is 30.9 Å². The van der Waals surface area contributed by atoms with Crippen LogP contribution in [-0.2, 0) is 5.54 Å². The summed E-state index contributed by atoms with van der Waals surface area (Å²) in [5.74, 6) is 1.87. The molecule has 17 heavy (non-hydrogen) atoms. The van der Waals surface area contributed by atoms with Crippen molar-refractivity contribution in [2.45, 2.75) is 32.2 Å². The van der Waals surface area contributed by atoms with Gasteiger partial charge in [0, 0.05) is 11.1 Å². The number of nitrogens with one attached hydrogen (secondary N) is 1. The van der Waals surface area contributed by atoms with Gasteiger partial charge >= 0.3 is 0 Å². The first kappa shape index (κ1) is 12.2. The van der Waals surface area contributed by atoms with Crippen molar-refractivity contribution in [2.75, 3.05) is 20.8 Å². The largest absolute Gasteiger partial charge is 0.497 e. The Hall–Kier alpha value is -1.22. The van der Waals surface area contributed by atoms with Crippen LogP contribution < -0.4 is 14.8 Å². The molecular formula is C14H21NO2. The summed E-state index contributed by atoms with van der Waals surface area (Å²) in [7, 11) is 3.44. The van der Waals surface area contributed by atoms with Crippen molar-refractivity contribution < 1.29 is 9.47 Å². The molecule has 1 aromatic carbocycles. The van der Waals surface area contributed by atoms with Gasteiger partial charge in [-0.05, 0) is 50.9 Å². The molecule has 0 bridgehead atoms. The second kappa shape index (κ2) is 4.57. The molecule has 94 valence electrons. The van der Waals surface area contributed by atoms with Gasteiger partial charge in [-0.25, -0.2) is 0 Å². The molecular weight excluding hydrogens is 214 g/mol. The number of rotatable bonds is 3. The van der Waals surface area contributed by atoms with Crippen molar-refractivity contribution in [2.24, 2.45) is 0 Å². The number of ether oxygens (including phenoxy) is 2. The molecule has 1 unspecified atom stereocenters. The Morgan fingerprint density at radius 3 is 2.53 bits per heavy atom. The maximum absolute atomic E-state index is 5.56. The Bertz CT molecular complexity index is 409. The minimum absolute atomic E-state index is 0.00461. The van der Waals surface area contributed by atoms with E-state index in [1.807, 2.05) is 6.07 Å². The molecule has 0 saturated carbocycles. The second-order valence-corrected chi connectivity index (χ2v) is 4.89. The van der Waals surface area contributed by atoms with E-state index in [1.54, 1.807) is 14.2 Å². The van der Waals surface area contributed by atoms with E-state index in [1.165, 1.54) is 12.0 Å². The molecule has 0 radical (unpaired) electrons. The van der Waals surface area contributed by atoms with Gasteiger partial charge in [-0.1, -0.05) is 0 Å². The van der Waals surface area contributed by atoms with E-state index in [0.717, 1.165) is 30.0 Å². The van der Waals surface area contributed by atoms with E-state index >= 15 is 0 Å². The Labute approximate surface area is 103 Å². The predicted octanol–water partition coefficient (Wildman–Crippen LogP) is 2.61. The van der Waals surface area contributed by atoms with Crippen LogP contribution >= 0.6 is 0 Å². The van der Waals surface area contributed by atoms with Crippen molar-refractivity contribution in [3.63, 3.8) is 0 Å². The number of benzene rings is 1. The average Bonchev–Trinajstić information content (AvgIpc) is 2.76. The quantitative estimate of drug-likeness (QED) is 0.873. The van der Waals surface area contributed by atoms with Gasteiger partial charge in [-0.15, -0.1) is 0 Å². The summed E-state index contributed by atoms with van der Waals surface area (Å²) in [5.41, 5.74) is 2.33. The lowest BCUT2D eigenvalue weighted by Crippen LogP contribution is -2.33. The van der Waals surface area contributed by atoms with Gasteiger partial charge in [0.15, 0.2) is 0 Å². The zero-order chi connectivity index (χ0) is 12.5. The van der Waals surface area contributed by atoms with E-state index < -0.39 is 0 Å². The molecule has 3 heteroatoms. The van der Waals surface area contributed by atoms with E-state index in [-0.39, 0.29) is 5.54 Å². The van der Waals surface area contributed by atoms with Gasteiger partial charge < -0.3 is 14.8 Å². The molecule has 1 saturated heterocycles. The Morgan fingerprint density at radius 2 is 2.00 bits per heavy atom. The van der Waals surface area contributed by atoms with Crippen LogP contribution in [0.5, 0.6) is 11.5 Å². The summed E-state index contributed by atoms with van der Waals surface area (Å²) >= 11 is 0. The Balaban J connectivity index is 2.53. The highest BCUT2D eigenvalue weighted by atomic mass is 16.5. The van der Waals surface area contributed by atoms with E-state index in [9.17, 15) is 0 Å². The fourth-order valence-electron chi connectivity index (χ4n) is 2.66. The summed E-state index contributed by atoms with van der Waals surface area (Å²) in [6, 6.07) is 4.10. The summed E-state index contributed by atoms with van der Waals surface area (Å²) in [6.45, 7) is 5.36. The molecule has 1 atom stereocenters. The third-order valence-electron chi connectivity index (χ3n) is 3.65. The minimum atomic E-state index is 0.00461. The van der Waals surface area contributed by atoms with Gasteiger partial charge in [-0.2, -0.15) is 0 Å². The van der Waals surface area contributed by atoms with Crippen LogP contribution in [0.25, 0.3) is 0 Å². The molecule has 1 aliphatic heterocycles. The Morgan fingerprint density at radius 1 is 1.24 bits per heavy atom. The smallest absolute Gasteiger partial charge is 0.127 e. The lowest BCUT2D eigenvalue weighted by molar-refractivity contribution is 0.362. The normalized spacial score (nSPS) is 23.8. The third-order valence-corrected chi connectivity index (χ3v) is 3.65. The molecule has 0 aliphatic carbocycles. The van der Waals surface area contributed by atoms with Crippen molar-refractivity contribution in [1.29, 1.82) is 0 Å². The molecule has 1 fully saturated rings. The fourth-order valence-corrected chi connectivity index (χ4v) is 2.66. The second-order valence-electron chi connectivity index (χ2n) is 4.89. The maximum atomic E-state index is 5.56. The van der Waals surface area contributed by atoms with Crippen LogP contribution in [0, 0.1) is 6.92 Å². The van der Waals surface area contributed by atoms with Crippen LogP contribution in [0.2, 0.25) is 0 Å². The van der Waals surface area contributed by atoms with Gasteiger partial charge in [0.1, 0.15) is 11.5 Å². The SMILES string of the molecule is COc1cc(C)c(OC)c(C2(C)CCCN2)c1. The van der Waals surface area contributed by atoms with Crippen LogP contribution in [0.4, 0.5) is 0 Å². The molecule has 0 spiro atoms. The van der Waals surface area contributed by atoms with Gasteiger partial charge in [0.05, 0.1) is 14.2 Å². The molecule has 1 heterocycles. The van der Waals surface area contributed by atoms with E-state index in [2.05, 4.69) is 25.2 Å². The van der Waals surface area contributed by atoms with Gasteiger partial charge in [-0.3, -0.25) is 0 Å². The molecule has 1 aromatic rings. The van der Waals surface area contributed by atoms with Crippen LogP contribution in [0.15, 0.2) is 12.1 Å². The first-order valence-corrected chi connectivity index (χ1v) is 6.09. The average molecular weight is 235 g/mol. The van der Waals surface area contributed by atoms with E-state index in [4.69, 9.17) is 9.47 Å². The summed E-state index contributed by atoms with van der Waals surface area (Å²) < 4.78 is 10.9. The topological polar surface area (TPSA) is 30.5 Å². The third kappa shape index (κ3) is 2.12. The first-order chi connectivity index (χ1) is 8.10. The Kier molecular flexibility index (Phi) is 3.29. The zero-order valence-corrected chi connectivity index (χ0v) is 11.1. The summed E-state index contributed by atoms with van der Waals surface area (Å²) in [5, 5.41) is 3.57. The lowest BCUT2D eigenvalue weighted by Gasteiger charge is -2.28.